The third-order valence-electron chi connectivity index (χ3n) is 5.11. The zero-order valence-corrected chi connectivity index (χ0v) is 18.7. The lowest BCUT2D eigenvalue weighted by Crippen LogP contribution is -2.41. The van der Waals surface area contributed by atoms with Gasteiger partial charge in [0.15, 0.2) is 0 Å². The fraction of sp³-hybridized carbons (Fsp3) is 0.435. The highest BCUT2D eigenvalue weighted by Crippen LogP contribution is 2.27. The van der Waals surface area contributed by atoms with Gasteiger partial charge < -0.3 is 14.6 Å². The molecule has 0 spiro atoms. The molecule has 3 rings (SSSR count). The van der Waals surface area contributed by atoms with E-state index < -0.39 is 16.0 Å². The molecule has 1 saturated heterocycles. The molecule has 2 aromatic carbocycles. The third-order valence-corrected chi connectivity index (χ3v) is 7.02. The summed E-state index contributed by atoms with van der Waals surface area (Å²) in [6.07, 6.45) is 1.49. The van der Waals surface area contributed by atoms with Crippen molar-refractivity contribution in [2.24, 2.45) is 0 Å². The van der Waals surface area contributed by atoms with Gasteiger partial charge >= 0.3 is 5.97 Å². The number of carbonyl (C=O) groups is 1. The molecule has 31 heavy (non-hydrogen) atoms. The second-order valence-corrected chi connectivity index (χ2v) is 9.80. The van der Waals surface area contributed by atoms with Crippen LogP contribution in [0.1, 0.15) is 38.7 Å². The van der Waals surface area contributed by atoms with E-state index in [1.165, 1.54) is 4.31 Å². The Balaban J connectivity index is 1.60. The van der Waals surface area contributed by atoms with Crippen LogP contribution in [0, 0.1) is 0 Å². The van der Waals surface area contributed by atoms with Crippen LogP contribution in [0.4, 0.5) is 0 Å². The predicted molar refractivity (Wildman–Crippen MR) is 117 cm³/mol. The van der Waals surface area contributed by atoms with Crippen LogP contribution in [-0.4, -0.2) is 49.1 Å². The molecule has 7 nitrogen and oxygen atoms in total. The molecule has 1 aliphatic heterocycles. The van der Waals surface area contributed by atoms with E-state index in [0.717, 1.165) is 5.56 Å². The first-order valence-corrected chi connectivity index (χ1v) is 11.9. The molecule has 0 aliphatic carbocycles. The molecule has 168 valence electrons. The highest BCUT2D eigenvalue weighted by molar-refractivity contribution is 7.89. The average molecular weight is 448 g/mol. The lowest BCUT2D eigenvalue weighted by Gasteiger charge is -2.32. The SMILES string of the molecule is CC(C)Oc1ccc(S(=O)(=O)N2CCC(Oc3ccccc3CCC(=O)O)CC2)cc1. The zero-order chi connectivity index (χ0) is 22.4. The lowest BCUT2D eigenvalue weighted by molar-refractivity contribution is -0.136. The molecule has 1 N–H and O–H groups in total. The Labute approximate surface area is 183 Å². The van der Waals surface area contributed by atoms with E-state index in [9.17, 15) is 13.2 Å². The Bertz CT molecular complexity index is 979. The minimum Gasteiger partial charge on any atom is -0.491 e. The van der Waals surface area contributed by atoms with Crippen LogP contribution in [0.15, 0.2) is 53.4 Å². The van der Waals surface area contributed by atoms with Gasteiger partial charge in [-0.3, -0.25) is 4.79 Å². The molecule has 1 aliphatic rings. The van der Waals surface area contributed by atoms with Gasteiger partial charge in [0.1, 0.15) is 17.6 Å². The minimum atomic E-state index is -3.57. The summed E-state index contributed by atoms with van der Waals surface area (Å²) in [7, 11) is -3.57. The van der Waals surface area contributed by atoms with E-state index in [-0.39, 0.29) is 23.5 Å². The van der Waals surface area contributed by atoms with Crippen molar-refractivity contribution in [1.82, 2.24) is 4.31 Å². The van der Waals surface area contributed by atoms with Gasteiger partial charge in [-0.15, -0.1) is 0 Å². The van der Waals surface area contributed by atoms with Crippen molar-refractivity contribution in [2.75, 3.05) is 13.1 Å². The monoisotopic (exact) mass is 447 g/mol. The largest absolute Gasteiger partial charge is 0.491 e. The molecule has 0 saturated carbocycles. The molecule has 1 fully saturated rings. The molecular weight excluding hydrogens is 418 g/mol. The number of nitrogens with zero attached hydrogens (tertiary/aromatic N) is 1. The van der Waals surface area contributed by atoms with Gasteiger partial charge in [0.05, 0.1) is 11.0 Å². The topological polar surface area (TPSA) is 93.1 Å². The van der Waals surface area contributed by atoms with Crippen molar-refractivity contribution >= 4 is 16.0 Å². The number of carboxylic acid groups (broad SMARTS) is 1. The van der Waals surface area contributed by atoms with Gasteiger partial charge in [-0.1, -0.05) is 18.2 Å². The highest BCUT2D eigenvalue weighted by Gasteiger charge is 2.30. The van der Waals surface area contributed by atoms with Crippen molar-refractivity contribution in [3.8, 4) is 11.5 Å². The fourth-order valence-corrected chi connectivity index (χ4v) is 5.02. The number of carboxylic acids is 1. The zero-order valence-electron chi connectivity index (χ0n) is 17.9. The van der Waals surface area contributed by atoms with E-state index in [0.29, 0.717) is 43.9 Å². The van der Waals surface area contributed by atoms with Crippen molar-refractivity contribution < 1.29 is 27.8 Å². The number of ether oxygens (including phenoxy) is 2. The Kier molecular flexibility index (Phi) is 7.56. The molecular formula is C23H29NO6S. The summed E-state index contributed by atoms with van der Waals surface area (Å²) >= 11 is 0. The van der Waals surface area contributed by atoms with Gasteiger partial charge in [-0.2, -0.15) is 4.31 Å². The summed E-state index contributed by atoms with van der Waals surface area (Å²) in [4.78, 5) is 11.1. The number of piperidine rings is 1. The molecule has 0 bridgehead atoms. The second-order valence-electron chi connectivity index (χ2n) is 7.86. The molecule has 0 unspecified atom stereocenters. The van der Waals surface area contributed by atoms with Crippen LogP contribution in [-0.2, 0) is 21.2 Å². The van der Waals surface area contributed by atoms with Gasteiger partial charge in [0, 0.05) is 19.5 Å². The van der Waals surface area contributed by atoms with Gasteiger partial charge in [0.25, 0.3) is 0 Å². The predicted octanol–water partition coefficient (Wildman–Crippen LogP) is 3.72. The number of aliphatic carboxylic acids is 1. The molecule has 8 heteroatoms. The van der Waals surface area contributed by atoms with E-state index in [1.807, 2.05) is 38.1 Å². The second kappa shape index (κ2) is 10.2. The minimum absolute atomic E-state index is 0.0238. The van der Waals surface area contributed by atoms with Crippen LogP contribution in [0.3, 0.4) is 0 Å². The number of sulfonamides is 1. The first kappa shape index (κ1) is 23.1. The van der Waals surface area contributed by atoms with E-state index in [1.54, 1.807) is 24.3 Å². The van der Waals surface area contributed by atoms with Crippen molar-refractivity contribution in [3.05, 3.63) is 54.1 Å². The maximum Gasteiger partial charge on any atom is 0.303 e. The van der Waals surface area contributed by atoms with Crippen LogP contribution >= 0.6 is 0 Å². The highest BCUT2D eigenvalue weighted by atomic mass is 32.2. The number of aryl methyl sites for hydroxylation is 1. The van der Waals surface area contributed by atoms with Crippen LogP contribution < -0.4 is 9.47 Å². The van der Waals surface area contributed by atoms with Crippen molar-refractivity contribution in [2.45, 2.75) is 56.6 Å². The van der Waals surface area contributed by atoms with Gasteiger partial charge in [-0.25, -0.2) is 8.42 Å². The Morgan fingerprint density at radius 1 is 1.10 bits per heavy atom. The van der Waals surface area contributed by atoms with Crippen LogP contribution in [0.5, 0.6) is 11.5 Å². The van der Waals surface area contributed by atoms with Gasteiger partial charge in [0.2, 0.25) is 10.0 Å². The summed E-state index contributed by atoms with van der Waals surface area (Å²) in [5.41, 5.74) is 0.851. The summed E-state index contributed by atoms with van der Waals surface area (Å²) in [6.45, 7) is 4.58. The lowest BCUT2D eigenvalue weighted by atomic mass is 10.1. The van der Waals surface area contributed by atoms with Crippen LogP contribution in [0.2, 0.25) is 0 Å². The normalized spacial score (nSPS) is 15.7. The standard InChI is InChI=1S/C23H29NO6S/c1-17(2)29-19-8-10-21(11-9-19)31(27,28)24-15-13-20(14-16-24)30-22-6-4-3-5-18(22)7-12-23(25)26/h3-6,8-11,17,20H,7,12-16H2,1-2H3,(H,25,26). The number of para-hydroxylation sites is 1. The van der Waals surface area contributed by atoms with Crippen molar-refractivity contribution in [3.63, 3.8) is 0 Å². The maximum absolute atomic E-state index is 13.0. The summed E-state index contributed by atoms with van der Waals surface area (Å²) in [5.74, 6) is 0.463. The molecule has 0 amide bonds. The number of rotatable bonds is 9. The average Bonchev–Trinajstić information content (AvgIpc) is 2.73. The number of hydrogen-bond donors (Lipinski definition) is 1. The Morgan fingerprint density at radius 2 is 1.74 bits per heavy atom. The molecule has 0 atom stereocenters. The number of hydrogen-bond acceptors (Lipinski definition) is 5. The third kappa shape index (κ3) is 6.21. The first-order chi connectivity index (χ1) is 14.8. The molecule has 0 aromatic heterocycles. The fourth-order valence-electron chi connectivity index (χ4n) is 3.55. The number of benzene rings is 2. The molecule has 0 radical (unpaired) electrons. The van der Waals surface area contributed by atoms with E-state index in [4.69, 9.17) is 14.6 Å². The summed E-state index contributed by atoms with van der Waals surface area (Å²) in [5, 5.41) is 8.93. The maximum atomic E-state index is 13.0. The van der Waals surface area contributed by atoms with Gasteiger partial charge in [-0.05, 0) is 69.0 Å². The van der Waals surface area contributed by atoms with E-state index >= 15 is 0 Å². The quantitative estimate of drug-likeness (QED) is 0.630. The smallest absolute Gasteiger partial charge is 0.303 e. The van der Waals surface area contributed by atoms with Crippen molar-refractivity contribution in [1.29, 1.82) is 0 Å². The van der Waals surface area contributed by atoms with E-state index in [2.05, 4.69) is 0 Å². The summed E-state index contributed by atoms with van der Waals surface area (Å²) < 4.78 is 39.1. The Morgan fingerprint density at radius 3 is 2.35 bits per heavy atom. The molecule has 2 aromatic rings. The summed E-state index contributed by atoms with van der Waals surface area (Å²) in [6, 6.07) is 13.9. The molecule has 1 heterocycles. The van der Waals surface area contributed by atoms with Crippen LogP contribution in [0.25, 0.3) is 0 Å². The Hall–Kier alpha value is -2.58. The first-order valence-electron chi connectivity index (χ1n) is 10.5.